The van der Waals surface area contributed by atoms with E-state index in [0.717, 1.165) is 11.8 Å². The van der Waals surface area contributed by atoms with Gasteiger partial charge < -0.3 is 5.73 Å². The molecule has 1 aromatic carbocycles. The van der Waals surface area contributed by atoms with E-state index in [1.54, 1.807) is 0 Å². The van der Waals surface area contributed by atoms with Crippen LogP contribution in [0.15, 0.2) is 24.3 Å². The van der Waals surface area contributed by atoms with Gasteiger partial charge in [0.15, 0.2) is 0 Å². The summed E-state index contributed by atoms with van der Waals surface area (Å²) in [6.45, 7) is 6.42. The van der Waals surface area contributed by atoms with Crippen molar-refractivity contribution in [3.63, 3.8) is 0 Å². The van der Waals surface area contributed by atoms with Gasteiger partial charge in [-0.1, -0.05) is 45.0 Å². The lowest BCUT2D eigenvalue weighted by Gasteiger charge is -2.20. The molecule has 0 amide bonds. The third kappa shape index (κ3) is 6.72. The van der Waals surface area contributed by atoms with Crippen molar-refractivity contribution in [2.24, 2.45) is 5.73 Å². The van der Waals surface area contributed by atoms with Gasteiger partial charge in [0.25, 0.3) is 0 Å². The molecule has 2 unspecified atom stereocenters. The molecule has 0 heterocycles. The maximum Gasteiger partial charge on any atom is 0.148 e. The van der Waals surface area contributed by atoms with Gasteiger partial charge in [-0.2, -0.15) is 0 Å². The number of hydrogen-bond acceptors (Lipinski definition) is 4. The standard InChI is InChI=1S/C15H25NO3S2/c1-15(2,3)13-7-5-12(6-8-13)14(16)11-20(17)9-10-21(4,18)19/h5-8,14H,9-11,16H2,1-4H3. The predicted molar refractivity (Wildman–Crippen MR) is 89.7 cm³/mol. The molecule has 0 radical (unpaired) electrons. The highest BCUT2D eigenvalue weighted by Crippen LogP contribution is 2.23. The van der Waals surface area contributed by atoms with Crippen LogP contribution in [0, 0.1) is 0 Å². The second kappa shape index (κ2) is 7.03. The first-order valence-electron chi connectivity index (χ1n) is 6.88. The molecule has 0 saturated heterocycles. The van der Waals surface area contributed by atoms with Crippen molar-refractivity contribution < 1.29 is 12.6 Å². The van der Waals surface area contributed by atoms with Gasteiger partial charge in [-0.15, -0.1) is 0 Å². The van der Waals surface area contributed by atoms with Crippen LogP contribution in [0.5, 0.6) is 0 Å². The lowest BCUT2D eigenvalue weighted by Crippen LogP contribution is -2.22. The van der Waals surface area contributed by atoms with Gasteiger partial charge in [-0.25, -0.2) is 8.42 Å². The second-order valence-corrected chi connectivity index (χ2v) is 10.3. The summed E-state index contributed by atoms with van der Waals surface area (Å²) in [6.07, 6.45) is 1.15. The van der Waals surface area contributed by atoms with Crippen molar-refractivity contribution in [1.29, 1.82) is 0 Å². The third-order valence-electron chi connectivity index (χ3n) is 3.25. The normalized spacial score (nSPS) is 15.7. The molecule has 120 valence electrons. The van der Waals surface area contributed by atoms with Crippen LogP contribution in [0.25, 0.3) is 0 Å². The molecule has 4 nitrogen and oxygen atoms in total. The fourth-order valence-corrected chi connectivity index (χ4v) is 4.57. The van der Waals surface area contributed by atoms with Crippen molar-refractivity contribution >= 4 is 20.6 Å². The summed E-state index contributed by atoms with van der Waals surface area (Å²) < 4.78 is 34.0. The van der Waals surface area contributed by atoms with Crippen LogP contribution in [-0.2, 0) is 26.1 Å². The first-order chi connectivity index (χ1) is 9.49. The van der Waals surface area contributed by atoms with E-state index >= 15 is 0 Å². The minimum absolute atomic E-state index is 0.0602. The summed E-state index contributed by atoms with van der Waals surface area (Å²) in [7, 11) is -4.30. The lowest BCUT2D eigenvalue weighted by molar-refractivity contribution is 0.589. The maximum absolute atomic E-state index is 11.9. The Morgan fingerprint density at radius 2 is 1.71 bits per heavy atom. The highest BCUT2D eigenvalue weighted by molar-refractivity contribution is 7.92. The molecule has 0 bridgehead atoms. The zero-order chi connectivity index (χ0) is 16.3. The minimum Gasteiger partial charge on any atom is -0.323 e. The molecule has 0 spiro atoms. The van der Waals surface area contributed by atoms with Crippen molar-refractivity contribution in [3.05, 3.63) is 35.4 Å². The molecule has 0 aliphatic rings. The van der Waals surface area contributed by atoms with Crippen LogP contribution in [0.1, 0.15) is 37.9 Å². The number of rotatable bonds is 6. The first-order valence-corrected chi connectivity index (χ1v) is 10.4. The van der Waals surface area contributed by atoms with E-state index in [1.165, 1.54) is 5.56 Å². The summed E-state index contributed by atoms with van der Waals surface area (Å²) in [5.74, 6) is 0.367. The van der Waals surface area contributed by atoms with Gasteiger partial charge in [0, 0.05) is 34.6 Å². The summed E-state index contributed by atoms with van der Waals surface area (Å²) >= 11 is 0. The molecule has 0 aromatic heterocycles. The van der Waals surface area contributed by atoms with E-state index in [2.05, 4.69) is 20.8 Å². The molecule has 0 fully saturated rings. The van der Waals surface area contributed by atoms with Gasteiger partial charge in [0.1, 0.15) is 9.84 Å². The van der Waals surface area contributed by atoms with Crippen molar-refractivity contribution in [3.8, 4) is 0 Å². The van der Waals surface area contributed by atoms with E-state index in [1.807, 2.05) is 24.3 Å². The number of benzene rings is 1. The first kappa shape index (κ1) is 18.3. The second-order valence-electron chi connectivity index (χ2n) is 6.42. The molecule has 2 N–H and O–H groups in total. The highest BCUT2D eigenvalue weighted by atomic mass is 32.2. The zero-order valence-electron chi connectivity index (χ0n) is 13.1. The molecular formula is C15H25NO3S2. The fourth-order valence-electron chi connectivity index (χ4n) is 1.85. The quantitative estimate of drug-likeness (QED) is 0.862. The molecule has 1 aromatic rings. The smallest absolute Gasteiger partial charge is 0.148 e. The average molecular weight is 332 g/mol. The Bertz CT molecular complexity index is 586. The molecule has 0 saturated carbocycles. The van der Waals surface area contributed by atoms with Crippen LogP contribution >= 0.6 is 0 Å². The minimum atomic E-state index is -3.08. The van der Waals surface area contributed by atoms with E-state index in [0.29, 0.717) is 0 Å². The van der Waals surface area contributed by atoms with Crippen LogP contribution in [0.2, 0.25) is 0 Å². The van der Waals surface area contributed by atoms with Crippen molar-refractivity contribution in [1.82, 2.24) is 0 Å². The average Bonchev–Trinajstić information content (AvgIpc) is 2.34. The van der Waals surface area contributed by atoms with Gasteiger partial charge in [0.2, 0.25) is 0 Å². The number of sulfone groups is 1. The fraction of sp³-hybridized carbons (Fsp3) is 0.600. The van der Waals surface area contributed by atoms with E-state index < -0.39 is 20.6 Å². The Balaban J connectivity index is 2.63. The number of nitrogens with two attached hydrogens (primary N) is 1. The molecule has 21 heavy (non-hydrogen) atoms. The molecule has 2 atom stereocenters. The van der Waals surface area contributed by atoms with E-state index in [9.17, 15) is 12.6 Å². The Hall–Kier alpha value is -0.720. The van der Waals surface area contributed by atoms with Gasteiger partial charge in [-0.3, -0.25) is 4.21 Å². The molecule has 1 rings (SSSR count). The van der Waals surface area contributed by atoms with E-state index in [-0.39, 0.29) is 28.7 Å². The Morgan fingerprint density at radius 1 is 1.19 bits per heavy atom. The largest absolute Gasteiger partial charge is 0.323 e. The Labute approximate surface area is 130 Å². The maximum atomic E-state index is 11.9. The number of hydrogen-bond donors (Lipinski definition) is 1. The van der Waals surface area contributed by atoms with Crippen molar-refractivity contribution in [2.45, 2.75) is 32.2 Å². The SMILES string of the molecule is CC(C)(C)c1ccc(C(N)CS(=O)CCS(C)(=O)=O)cc1. The van der Waals surface area contributed by atoms with Crippen LogP contribution < -0.4 is 5.73 Å². The summed E-state index contributed by atoms with van der Waals surface area (Å²) in [5, 5.41) is 0. The monoisotopic (exact) mass is 331 g/mol. The van der Waals surface area contributed by atoms with Crippen LogP contribution in [0.3, 0.4) is 0 Å². The predicted octanol–water partition coefficient (Wildman–Crippen LogP) is 1.78. The topological polar surface area (TPSA) is 77.2 Å². The van der Waals surface area contributed by atoms with Gasteiger partial charge in [-0.05, 0) is 16.5 Å². The van der Waals surface area contributed by atoms with Gasteiger partial charge in [0.05, 0.1) is 5.75 Å². The van der Waals surface area contributed by atoms with Crippen LogP contribution in [0.4, 0.5) is 0 Å². The van der Waals surface area contributed by atoms with Crippen LogP contribution in [-0.4, -0.2) is 36.1 Å². The molecule has 0 aliphatic carbocycles. The lowest BCUT2D eigenvalue weighted by atomic mass is 9.86. The summed E-state index contributed by atoms with van der Waals surface area (Å²) in [5.41, 5.74) is 8.28. The van der Waals surface area contributed by atoms with Crippen molar-refractivity contribution in [2.75, 3.05) is 23.5 Å². The highest BCUT2D eigenvalue weighted by Gasteiger charge is 2.16. The Kier molecular flexibility index (Phi) is 6.13. The molecule has 6 heteroatoms. The third-order valence-corrected chi connectivity index (χ3v) is 5.85. The molecule has 0 aliphatic heterocycles. The van der Waals surface area contributed by atoms with E-state index in [4.69, 9.17) is 5.73 Å². The Morgan fingerprint density at radius 3 is 2.14 bits per heavy atom. The molecular weight excluding hydrogens is 306 g/mol. The summed E-state index contributed by atoms with van der Waals surface area (Å²) in [4.78, 5) is 0. The van der Waals surface area contributed by atoms with Gasteiger partial charge >= 0.3 is 0 Å². The summed E-state index contributed by atoms with van der Waals surface area (Å²) in [6, 6.07) is 7.65. The zero-order valence-corrected chi connectivity index (χ0v) is 14.8.